The molecule has 2 amide bonds. The fraction of sp³-hybridized carbons (Fsp3) is 0.750. The molecule has 0 aromatic carbocycles. The summed E-state index contributed by atoms with van der Waals surface area (Å²) in [6.45, 7) is 5.66. The first-order chi connectivity index (χ1) is 14.7. The molecule has 0 bridgehead atoms. The van der Waals surface area contributed by atoms with Crippen molar-refractivity contribution in [2.24, 2.45) is 5.92 Å². The normalized spacial score (nSPS) is 26.1. The lowest BCUT2D eigenvalue weighted by Gasteiger charge is -2.39. The molecular formula is C24H35N3O2S. The predicted octanol–water partition coefficient (Wildman–Crippen LogP) is 3.57. The van der Waals surface area contributed by atoms with Gasteiger partial charge in [-0.05, 0) is 63.0 Å². The second-order valence-electron chi connectivity index (χ2n) is 9.65. The van der Waals surface area contributed by atoms with Crippen molar-refractivity contribution in [3.63, 3.8) is 0 Å². The van der Waals surface area contributed by atoms with Crippen LogP contribution in [0.15, 0.2) is 6.07 Å². The van der Waals surface area contributed by atoms with E-state index in [2.05, 4.69) is 15.9 Å². The van der Waals surface area contributed by atoms with Gasteiger partial charge in [0.2, 0.25) is 5.91 Å². The Morgan fingerprint density at radius 3 is 2.30 bits per heavy atom. The van der Waals surface area contributed by atoms with E-state index in [1.807, 2.05) is 4.90 Å². The number of hydrogen-bond acceptors (Lipinski definition) is 4. The Hall–Kier alpha value is -1.40. The van der Waals surface area contributed by atoms with Gasteiger partial charge in [-0.3, -0.25) is 14.5 Å². The number of thiophene rings is 1. The Labute approximate surface area is 184 Å². The van der Waals surface area contributed by atoms with Crippen molar-refractivity contribution in [1.29, 1.82) is 0 Å². The summed E-state index contributed by atoms with van der Waals surface area (Å²) in [6, 6.07) is 2.87. The molecule has 5 nitrogen and oxygen atoms in total. The van der Waals surface area contributed by atoms with E-state index in [1.54, 1.807) is 11.3 Å². The molecule has 0 radical (unpaired) electrons. The lowest BCUT2D eigenvalue weighted by atomic mass is 9.87. The predicted molar refractivity (Wildman–Crippen MR) is 120 cm³/mol. The fourth-order valence-corrected chi connectivity index (χ4v) is 7.10. The van der Waals surface area contributed by atoms with Crippen molar-refractivity contribution < 1.29 is 9.59 Å². The Morgan fingerprint density at radius 2 is 1.57 bits per heavy atom. The van der Waals surface area contributed by atoms with Crippen LogP contribution in [0.2, 0.25) is 0 Å². The van der Waals surface area contributed by atoms with Gasteiger partial charge in [-0.25, -0.2) is 0 Å². The van der Waals surface area contributed by atoms with E-state index in [-0.39, 0.29) is 11.8 Å². The van der Waals surface area contributed by atoms with Crippen LogP contribution in [-0.4, -0.2) is 71.8 Å². The highest BCUT2D eigenvalue weighted by atomic mass is 32.1. The van der Waals surface area contributed by atoms with Crippen LogP contribution in [-0.2, 0) is 17.6 Å². The number of piperazine rings is 1. The van der Waals surface area contributed by atoms with E-state index in [1.165, 1.54) is 42.5 Å². The number of piperidine rings is 1. The van der Waals surface area contributed by atoms with E-state index >= 15 is 0 Å². The molecule has 1 atom stereocenters. The summed E-state index contributed by atoms with van der Waals surface area (Å²) in [7, 11) is 0. The standard InChI is InChI=1S/C24H35N3O2S/c28-23(27-14-12-25(13-15-27)20-6-2-3-7-20)18-8-9-21-19(16-18)17-22(30-21)24(29)26-10-4-1-5-11-26/h17-18,20H,1-16H2/t18-/m1/s1. The molecule has 2 aliphatic heterocycles. The molecule has 2 aliphatic carbocycles. The minimum atomic E-state index is 0.100. The maximum absolute atomic E-state index is 13.2. The van der Waals surface area contributed by atoms with Crippen LogP contribution in [0.3, 0.4) is 0 Å². The molecule has 1 aromatic heterocycles. The lowest BCUT2D eigenvalue weighted by Crippen LogP contribution is -2.53. The largest absolute Gasteiger partial charge is 0.340 e. The number of nitrogens with zero attached hydrogens (tertiary/aromatic N) is 3. The Morgan fingerprint density at radius 1 is 0.833 bits per heavy atom. The number of carbonyl (C=O) groups is 2. The van der Waals surface area contributed by atoms with Gasteiger partial charge in [-0.1, -0.05) is 12.8 Å². The highest BCUT2D eigenvalue weighted by Gasteiger charge is 2.33. The first-order valence-corrected chi connectivity index (χ1v) is 12.9. The Kier molecular flexibility index (Phi) is 6.15. The van der Waals surface area contributed by atoms with Crippen LogP contribution < -0.4 is 0 Å². The topological polar surface area (TPSA) is 43.9 Å². The SMILES string of the molecule is O=C(c1cc2c(s1)CC[C@@H](C(=O)N1CCN(C3CCCC3)CC1)C2)N1CCCCC1. The number of fused-ring (bicyclic) bond motifs is 1. The zero-order valence-corrected chi connectivity index (χ0v) is 18.9. The van der Waals surface area contributed by atoms with Gasteiger partial charge in [0, 0.05) is 56.1 Å². The summed E-state index contributed by atoms with van der Waals surface area (Å²) in [5.41, 5.74) is 1.26. The smallest absolute Gasteiger partial charge is 0.263 e. The molecule has 6 heteroatoms. The molecule has 164 valence electrons. The molecule has 3 fully saturated rings. The fourth-order valence-electron chi connectivity index (χ4n) is 5.93. The molecule has 4 aliphatic rings. The van der Waals surface area contributed by atoms with E-state index in [0.717, 1.165) is 82.3 Å². The van der Waals surface area contributed by atoms with Crippen molar-refractivity contribution in [3.8, 4) is 0 Å². The van der Waals surface area contributed by atoms with Crippen molar-refractivity contribution in [2.45, 2.75) is 70.3 Å². The van der Waals surface area contributed by atoms with E-state index in [0.29, 0.717) is 5.91 Å². The number of carbonyl (C=O) groups excluding carboxylic acids is 2. The van der Waals surface area contributed by atoms with Gasteiger partial charge in [0.05, 0.1) is 4.88 Å². The van der Waals surface area contributed by atoms with Crippen LogP contribution in [0, 0.1) is 5.92 Å². The van der Waals surface area contributed by atoms with Crippen LogP contribution in [0.4, 0.5) is 0 Å². The van der Waals surface area contributed by atoms with Crippen LogP contribution in [0.25, 0.3) is 0 Å². The Balaban J connectivity index is 1.18. The van der Waals surface area contributed by atoms with E-state index in [9.17, 15) is 9.59 Å². The molecule has 0 unspecified atom stereocenters. The molecule has 30 heavy (non-hydrogen) atoms. The number of hydrogen-bond donors (Lipinski definition) is 0. The molecule has 2 saturated heterocycles. The maximum atomic E-state index is 13.2. The molecule has 0 spiro atoms. The minimum Gasteiger partial charge on any atom is -0.340 e. The quantitative estimate of drug-likeness (QED) is 0.738. The monoisotopic (exact) mass is 429 g/mol. The zero-order chi connectivity index (χ0) is 20.5. The summed E-state index contributed by atoms with van der Waals surface area (Å²) in [4.78, 5) is 35.1. The van der Waals surface area contributed by atoms with Crippen molar-refractivity contribution in [1.82, 2.24) is 14.7 Å². The number of rotatable bonds is 3. The van der Waals surface area contributed by atoms with Gasteiger partial charge in [0.25, 0.3) is 5.91 Å². The Bertz CT molecular complexity index is 771. The summed E-state index contributed by atoms with van der Waals surface area (Å²) in [6.07, 6.45) is 11.6. The summed E-state index contributed by atoms with van der Waals surface area (Å²) in [5.74, 6) is 0.657. The third-order valence-corrected chi connectivity index (χ3v) is 8.98. The first-order valence-electron chi connectivity index (χ1n) is 12.1. The van der Waals surface area contributed by atoms with Crippen molar-refractivity contribution in [2.75, 3.05) is 39.3 Å². The van der Waals surface area contributed by atoms with Gasteiger partial charge >= 0.3 is 0 Å². The number of aryl methyl sites for hydroxylation is 1. The zero-order valence-electron chi connectivity index (χ0n) is 18.1. The van der Waals surface area contributed by atoms with Gasteiger partial charge in [0.15, 0.2) is 0 Å². The van der Waals surface area contributed by atoms with Crippen molar-refractivity contribution >= 4 is 23.2 Å². The molecule has 3 heterocycles. The number of amides is 2. The summed E-state index contributed by atoms with van der Waals surface area (Å²) >= 11 is 1.68. The average Bonchev–Trinajstić information content (AvgIpc) is 3.48. The maximum Gasteiger partial charge on any atom is 0.263 e. The van der Waals surface area contributed by atoms with E-state index in [4.69, 9.17) is 0 Å². The molecular weight excluding hydrogens is 394 g/mol. The highest BCUT2D eigenvalue weighted by Crippen LogP contribution is 2.34. The van der Waals surface area contributed by atoms with Crippen LogP contribution in [0.5, 0.6) is 0 Å². The molecule has 1 saturated carbocycles. The molecule has 1 aromatic rings. The second-order valence-corrected chi connectivity index (χ2v) is 10.8. The summed E-state index contributed by atoms with van der Waals surface area (Å²) in [5, 5.41) is 0. The van der Waals surface area contributed by atoms with Gasteiger partial charge in [-0.2, -0.15) is 0 Å². The summed E-state index contributed by atoms with van der Waals surface area (Å²) < 4.78 is 0. The van der Waals surface area contributed by atoms with E-state index < -0.39 is 0 Å². The van der Waals surface area contributed by atoms with Gasteiger partial charge in [-0.15, -0.1) is 11.3 Å². The van der Waals surface area contributed by atoms with Crippen molar-refractivity contribution in [3.05, 3.63) is 21.4 Å². The first kappa shape index (κ1) is 20.5. The minimum absolute atomic E-state index is 0.100. The third-order valence-electron chi connectivity index (χ3n) is 7.75. The van der Waals surface area contributed by atoms with Gasteiger partial charge < -0.3 is 9.80 Å². The average molecular weight is 430 g/mol. The third kappa shape index (κ3) is 4.18. The van der Waals surface area contributed by atoms with Crippen LogP contribution >= 0.6 is 11.3 Å². The highest BCUT2D eigenvalue weighted by molar-refractivity contribution is 7.14. The molecule has 5 rings (SSSR count). The second kappa shape index (κ2) is 8.99. The van der Waals surface area contributed by atoms with Crippen LogP contribution in [0.1, 0.15) is 71.5 Å². The molecule has 0 N–H and O–H groups in total. The van der Waals surface area contributed by atoms with Gasteiger partial charge in [0.1, 0.15) is 0 Å². The lowest BCUT2D eigenvalue weighted by molar-refractivity contribution is -0.138. The number of likely N-dealkylation sites (tertiary alicyclic amines) is 1.